The molecule has 0 aliphatic heterocycles. The minimum Gasteiger partial charge on any atom is -1.00 e. The maximum atomic E-state index is 12.9. The molecule has 0 unspecified atom stereocenters. The minimum absolute atomic E-state index is 0. The maximum Gasteiger partial charge on any atom is -0.172 e. The summed E-state index contributed by atoms with van der Waals surface area (Å²) in [5.74, 6) is 0. The van der Waals surface area contributed by atoms with Gasteiger partial charge < -0.3 is 24.8 Å². The Bertz CT molecular complexity index is 2220. The predicted octanol–water partition coefficient (Wildman–Crippen LogP) is 8.64. The number of benzene rings is 5. The SMILES string of the molecule is CC(C)(C)c1[c-]c2c(cc1C(C)(C)C)-c1cc(C(C)(C)C)c(C(C)(C)C)cc1C2.FC(F)(F)c1cccc([C](=[Zr+2])c2cccc3ccccc23)c1.[Cl-].[Cl-].c1cc[cH-]c1. The zero-order valence-corrected chi connectivity index (χ0v) is 40.0. The van der Waals surface area contributed by atoms with Crippen LogP contribution in [0.15, 0.2) is 115 Å². The van der Waals surface area contributed by atoms with Gasteiger partial charge >= 0.3 is 141 Å². The molecule has 0 saturated heterocycles. The first-order valence-corrected chi connectivity index (χ1v) is 20.8. The fourth-order valence-electron chi connectivity index (χ4n) is 7.40. The van der Waals surface area contributed by atoms with Crippen molar-refractivity contribution in [2.45, 2.75) is 117 Å². The number of alkyl halides is 3. The van der Waals surface area contributed by atoms with Gasteiger partial charge in [-0.25, -0.2) is 12.1 Å². The van der Waals surface area contributed by atoms with Crippen LogP contribution in [0.1, 0.15) is 133 Å². The van der Waals surface area contributed by atoms with Gasteiger partial charge in [-0.05, 0) is 39.4 Å². The summed E-state index contributed by atoms with van der Waals surface area (Å²) in [7, 11) is 0. The Balaban J connectivity index is 0.000000274. The van der Waals surface area contributed by atoms with Gasteiger partial charge in [0, 0.05) is 0 Å². The summed E-state index contributed by atoms with van der Waals surface area (Å²) >= 11 is 1.09. The number of fused-ring (bicyclic) bond motifs is 4. The molecule has 0 aromatic heterocycles. The van der Waals surface area contributed by atoms with Gasteiger partial charge in [-0.15, -0.1) is 16.7 Å². The number of halogens is 5. The van der Waals surface area contributed by atoms with Crippen molar-refractivity contribution in [2.75, 3.05) is 0 Å². The van der Waals surface area contributed by atoms with Gasteiger partial charge in [0.2, 0.25) is 0 Å². The van der Waals surface area contributed by atoms with Crippen LogP contribution in [0.4, 0.5) is 13.2 Å². The van der Waals surface area contributed by atoms with Crippen molar-refractivity contribution < 1.29 is 62.2 Å². The standard InChI is InChI=1S/C29H41.C18H11F3.C5H5.2ClH.Zr/c1-26(2,3)22-14-18-13-19-15-23(27(4,5)6)25(29(10,11)12)17-21(19)20(18)16-24(22)28(7,8)9;19-18(20,21)16-9-3-5-13(12-16)11-15-8-4-7-14-6-1-2-10-17(14)15;1-2-4-5-3-1;;;/h14,16-17H,13H2,1-12H3;1-10,12H;1-5H;2*1H;/q-1;;-1;;;+2/p-2. The van der Waals surface area contributed by atoms with Gasteiger partial charge in [0.15, 0.2) is 0 Å². The molecule has 0 amide bonds. The topological polar surface area (TPSA) is 0 Å². The molecule has 6 heteroatoms. The van der Waals surface area contributed by atoms with E-state index in [2.05, 4.69) is 107 Å². The zero-order chi connectivity index (χ0) is 41.4. The molecule has 306 valence electrons. The van der Waals surface area contributed by atoms with Crippen LogP contribution in [0.3, 0.4) is 0 Å². The number of hydrogen-bond acceptors (Lipinski definition) is 0. The molecule has 1 aliphatic rings. The second-order valence-corrected chi connectivity index (χ2v) is 20.4. The van der Waals surface area contributed by atoms with E-state index >= 15 is 0 Å². The third-order valence-corrected chi connectivity index (χ3v) is 11.7. The molecule has 58 heavy (non-hydrogen) atoms. The Labute approximate surface area is 373 Å². The van der Waals surface area contributed by atoms with E-state index in [0.29, 0.717) is 5.56 Å². The first-order valence-electron chi connectivity index (χ1n) is 19.6. The van der Waals surface area contributed by atoms with Gasteiger partial charge in [-0.3, -0.25) is 0 Å². The Kier molecular flexibility index (Phi) is 15.8. The van der Waals surface area contributed by atoms with E-state index in [1.54, 1.807) is 6.07 Å². The van der Waals surface area contributed by atoms with Gasteiger partial charge in [-0.2, -0.15) is 35.9 Å². The van der Waals surface area contributed by atoms with Crippen LogP contribution in [-0.4, -0.2) is 3.21 Å². The molecule has 0 atom stereocenters. The van der Waals surface area contributed by atoms with Crippen LogP contribution >= 0.6 is 0 Å². The Morgan fingerprint density at radius 3 is 1.66 bits per heavy atom. The van der Waals surface area contributed by atoms with Crippen molar-refractivity contribution in [3.8, 4) is 11.1 Å². The average molecular weight is 901 g/mol. The van der Waals surface area contributed by atoms with E-state index < -0.39 is 11.7 Å². The fourth-order valence-corrected chi connectivity index (χ4v) is 8.31. The van der Waals surface area contributed by atoms with Crippen LogP contribution < -0.4 is 24.8 Å². The quantitative estimate of drug-likeness (QED) is 0.153. The van der Waals surface area contributed by atoms with Crippen LogP contribution in [0.2, 0.25) is 0 Å². The molecule has 7 rings (SSSR count). The minimum atomic E-state index is -4.31. The summed E-state index contributed by atoms with van der Waals surface area (Å²) in [5, 5.41) is 2.15. The summed E-state index contributed by atoms with van der Waals surface area (Å²) < 4.78 is 39.6. The molecule has 0 fully saturated rings. The Morgan fingerprint density at radius 1 is 0.586 bits per heavy atom. The third-order valence-electron chi connectivity index (χ3n) is 10.3. The third kappa shape index (κ3) is 11.6. The molecule has 0 spiro atoms. The monoisotopic (exact) mass is 898 g/mol. The van der Waals surface area contributed by atoms with Crippen molar-refractivity contribution in [3.63, 3.8) is 0 Å². The summed E-state index contributed by atoms with van der Waals surface area (Å²) in [4.78, 5) is 0. The Hall–Kier alpha value is -3.17. The zero-order valence-electron chi connectivity index (χ0n) is 36.1. The van der Waals surface area contributed by atoms with E-state index in [-0.39, 0.29) is 46.5 Å². The molecular formula is C52H57Cl2F3Zr-2. The Morgan fingerprint density at radius 2 is 1.12 bits per heavy atom. The first-order chi connectivity index (χ1) is 25.9. The molecule has 6 aromatic rings. The van der Waals surface area contributed by atoms with E-state index in [1.165, 1.54) is 56.6 Å². The summed E-state index contributed by atoms with van der Waals surface area (Å²) in [6, 6.07) is 40.8. The molecule has 0 radical (unpaired) electrons. The second-order valence-electron chi connectivity index (χ2n) is 19.1. The maximum absolute atomic E-state index is 12.9. The van der Waals surface area contributed by atoms with E-state index in [0.717, 1.165) is 56.3 Å². The van der Waals surface area contributed by atoms with Crippen molar-refractivity contribution in [3.05, 3.63) is 171 Å². The van der Waals surface area contributed by atoms with Gasteiger partial charge in [-0.1, -0.05) is 106 Å². The molecule has 0 saturated carbocycles. The van der Waals surface area contributed by atoms with E-state index in [1.807, 2.05) is 72.8 Å². The molecule has 0 N–H and O–H groups in total. The van der Waals surface area contributed by atoms with Crippen molar-refractivity contribution in [1.82, 2.24) is 0 Å². The molecule has 0 bridgehead atoms. The van der Waals surface area contributed by atoms with Crippen LogP contribution in [-0.2, 0) is 58.5 Å². The molecule has 6 aromatic carbocycles. The van der Waals surface area contributed by atoms with E-state index in [4.69, 9.17) is 0 Å². The van der Waals surface area contributed by atoms with Crippen molar-refractivity contribution in [2.24, 2.45) is 0 Å². The normalized spacial score (nSPS) is 12.5. The van der Waals surface area contributed by atoms with Crippen LogP contribution in [0.25, 0.3) is 21.9 Å². The van der Waals surface area contributed by atoms with Crippen molar-refractivity contribution in [1.29, 1.82) is 0 Å². The van der Waals surface area contributed by atoms with Crippen molar-refractivity contribution >= 4 is 14.0 Å². The first kappa shape index (κ1) is 49.2. The predicted molar refractivity (Wildman–Crippen MR) is 229 cm³/mol. The summed E-state index contributed by atoms with van der Waals surface area (Å²) in [6.45, 7) is 28.0. The van der Waals surface area contributed by atoms with Gasteiger partial charge in [0.1, 0.15) is 0 Å². The second kappa shape index (κ2) is 18.6. The largest absolute Gasteiger partial charge is 1.00 e. The average Bonchev–Trinajstić information content (AvgIpc) is 3.80. The van der Waals surface area contributed by atoms with Crippen LogP contribution in [0, 0.1) is 6.07 Å². The summed E-state index contributed by atoms with van der Waals surface area (Å²) in [5.41, 5.74) is 13.0. The fraction of sp³-hybridized carbons (Fsp3) is 0.346. The number of hydrogen-bond donors (Lipinski definition) is 0. The van der Waals surface area contributed by atoms with Gasteiger partial charge in [0.25, 0.3) is 0 Å². The molecule has 0 heterocycles. The molecule has 1 aliphatic carbocycles. The van der Waals surface area contributed by atoms with Crippen LogP contribution in [0.5, 0.6) is 0 Å². The van der Waals surface area contributed by atoms with E-state index in [9.17, 15) is 13.2 Å². The molecular weight excluding hydrogens is 844 g/mol. The van der Waals surface area contributed by atoms with Gasteiger partial charge in [0.05, 0.1) is 0 Å². The number of rotatable bonds is 2. The molecule has 0 nitrogen and oxygen atoms in total. The smallest absolute Gasteiger partial charge is 0.172 e. The summed E-state index contributed by atoms with van der Waals surface area (Å²) in [6.07, 6.45) is -3.31.